The molecule has 110 valence electrons. The van der Waals surface area contributed by atoms with E-state index >= 15 is 0 Å². The van der Waals surface area contributed by atoms with Gasteiger partial charge in [0.15, 0.2) is 0 Å². The summed E-state index contributed by atoms with van der Waals surface area (Å²) in [5.41, 5.74) is 0.491. The lowest BCUT2D eigenvalue weighted by molar-refractivity contribution is -0.268. The van der Waals surface area contributed by atoms with E-state index in [2.05, 4.69) is 0 Å². The minimum absolute atomic E-state index is 0.187. The fourth-order valence-electron chi connectivity index (χ4n) is 2.14. The summed E-state index contributed by atoms with van der Waals surface area (Å²) in [6.45, 7) is 0.187. The molecule has 2 nitrogen and oxygen atoms in total. The number of hydrogen-bond acceptors (Lipinski definition) is 2. The van der Waals surface area contributed by atoms with E-state index in [0.717, 1.165) is 0 Å². The molecule has 1 heterocycles. The van der Waals surface area contributed by atoms with Crippen LogP contribution in [0.3, 0.4) is 0 Å². The summed E-state index contributed by atoms with van der Waals surface area (Å²) in [6, 6.07) is 6.44. The maximum atomic E-state index is 12.9. The average molecular weight is 294 g/mol. The minimum Gasteiger partial charge on any atom is -0.493 e. The molecular formula is C13H11F5O2. The van der Waals surface area contributed by atoms with Gasteiger partial charge in [-0.2, -0.15) is 22.0 Å². The number of benzene rings is 1. The van der Waals surface area contributed by atoms with Crippen molar-refractivity contribution in [2.24, 2.45) is 0 Å². The van der Waals surface area contributed by atoms with Crippen LogP contribution < -0.4 is 4.74 Å². The smallest absolute Gasteiger partial charge is 0.461 e. The molecule has 0 radical (unpaired) electrons. The molecule has 1 aliphatic heterocycles. The zero-order chi connectivity index (χ0) is 15.0. The first kappa shape index (κ1) is 14.7. The van der Waals surface area contributed by atoms with Crippen LogP contribution in [0.4, 0.5) is 22.0 Å². The number of para-hydroxylation sites is 1. The standard InChI is InChI=1S/C13H11F5O2/c14-12(15,13(16,17)18)11(19)7-8-5-6-20-10-4-2-1-3-9(8)10/h1-4,8H,5-7H2. The van der Waals surface area contributed by atoms with Gasteiger partial charge in [-0.25, -0.2) is 0 Å². The van der Waals surface area contributed by atoms with E-state index in [1.807, 2.05) is 0 Å². The molecule has 2 rings (SSSR count). The van der Waals surface area contributed by atoms with Crippen molar-refractivity contribution in [1.82, 2.24) is 0 Å². The van der Waals surface area contributed by atoms with Crippen LogP contribution in [0.2, 0.25) is 0 Å². The molecular weight excluding hydrogens is 283 g/mol. The first-order valence-corrected chi connectivity index (χ1v) is 5.93. The Labute approximate surface area is 111 Å². The van der Waals surface area contributed by atoms with Crippen LogP contribution in [-0.4, -0.2) is 24.5 Å². The zero-order valence-electron chi connectivity index (χ0n) is 10.2. The summed E-state index contributed by atoms with van der Waals surface area (Å²) < 4.78 is 67.6. The molecule has 0 amide bonds. The van der Waals surface area contributed by atoms with Crippen LogP contribution in [0.25, 0.3) is 0 Å². The Hall–Kier alpha value is -1.66. The van der Waals surface area contributed by atoms with Gasteiger partial charge >= 0.3 is 12.1 Å². The lowest BCUT2D eigenvalue weighted by Crippen LogP contribution is -2.44. The Kier molecular flexibility index (Phi) is 3.71. The Bertz CT molecular complexity index is 510. The fraction of sp³-hybridized carbons (Fsp3) is 0.462. The van der Waals surface area contributed by atoms with Gasteiger partial charge < -0.3 is 4.74 Å². The molecule has 0 saturated carbocycles. The third-order valence-electron chi connectivity index (χ3n) is 3.22. The van der Waals surface area contributed by atoms with Gasteiger partial charge in [-0.1, -0.05) is 18.2 Å². The van der Waals surface area contributed by atoms with E-state index in [-0.39, 0.29) is 13.0 Å². The minimum atomic E-state index is -5.85. The third-order valence-corrected chi connectivity index (χ3v) is 3.22. The van der Waals surface area contributed by atoms with Gasteiger partial charge in [0.2, 0.25) is 5.78 Å². The molecule has 0 aromatic heterocycles. The normalized spacial score (nSPS) is 19.1. The number of carbonyl (C=O) groups is 1. The fourth-order valence-corrected chi connectivity index (χ4v) is 2.14. The summed E-state index contributed by atoms with van der Waals surface area (Å²) in [6.07, 6.45) is -6.47. The van der Waals surface area contributed by atoms with Crippen LogP contribution in [-0.2, 0) is 4.79 Å². The molecule has 1 aromatic carbocycles. The topological polar surface area (TPSA) is 26.3 Å². The van der Waals surface area contributed by atoms with Gasteiger partial charge in [0.25, 0.3) is 0 Å². The van der Waals surface area contributed by atoms with Gasteiger partial charge in [-0.3, -0.25) is 4.79 Å². The molecule has 0 N–H and O–H groups in total. The quantitative estimate of drug-likeness (QED) is 0.794. The number of halogens is 5. The number of Topliss-reactive ketones (excluding diaryl/α,β-unsaturated/α-hetero) is 1. The molecule has 7 heteroatoms. The van der Waals surface area contributed by atoms with Gasteiger partial charge in [0.05, 0.1) is 6.61 Å². The molecule has 1 atom stereocenters. The molecule has 20 heavy (non-hydrogen) atoms. The Balaban J connectivity index is 2.18. The van der Waals surface area contributed by atoms with E-state index in [1.165, 1.54) is 0 Å². The number of alkyl halides is 5. The van der Waals surface area contributed by atoms with Crippen molar-refractivity contribution in [1.29, 1.82) is 0 Å². The Morgan fingerprint density at radius 1 is 1.20 bits per heavy atom. The highest BCUT2D eigenvalue weighted by Crippen LogP contribution is 2.41. The molecule has 0 saturated heterocycles. The lowest BCUT2D eigenvalue weighted by Gasteiger charge is -2.27. The summed E-state index contributed by atoms with van der Waals surface area (Å²) in [5.74, 6) is -7.67. The number of hydrogen-bond donors (Lipinski definition) is 0. The van der Waals surface area contributed by atoms with Crippen molar-refractivity contribution in [2.45, 2.75) is 30.9 Å². The zero-order valence-corrected chi connectivity index (χ0v) is 10.2. The first-order valence-electron chi connectivity index (χ1n) is 5.93. The molecule has 0 bridgehead atoms. The molecule has 1 aliphatic rings. The number of rotatable bonds is 3. The van der Waals surface area contributed by atoms with Crippen molar-refractivity contribution in [3.05, 3.63) is 29.8 Å². The van der Waals surface area contributed by atoms with Crippen LogP contribution in [0.5, 0.6) is 5.75 Å². The predicted octanol–water partition coefficient (Wildman–Crippen LogP) is 3.71. The molecule has 0 aliphatic carbocycles. The SMILES string of the molecule is O=C(CC1CCOc2ccccc21)C(F)(F)C(F)(F)F. The second kappa shape index (κ2) is 5.03. The first-order chi connectivity index (χ1) is 9.23. The van der Waals surface area contributed by atoms with E-state index in [9.17, 15) is 26.7 Å². The molecule has 1 aromatic rings. The van der Waals surface area contributed by atoms with Crippen molar-refractivity contribution < 1.29 is 31.5 Å². The summed E-state index contributed by atoms with van der Waals surface area (Å²) in [5, 5.41) is 0. The van der Waals surface area contributed by atoms with Gasteiger partial charge in [0, 0.05) is 6.42 Å². The lowest BCUT2D eigenvalue weighted by atomic mass is 9.87. The summed E-state index contributed by atoms with van der Waals surface area (Å²) >= 11 is 0. The van der Waals surface area contributed by atoms with Crippen molar-refractivity contribution in [3.63, 3.8) is 0 Å². The number of ketones is 1. The van der Waals surface area contributed by atoms with E-state index < -0.39 is 30.2 Å². The average Bonchev–Trinajstić information content (AvgIpc) is 2.37. The second-order valence-electron chi connectivity index (χ2n) is 4.57. The predicted molar refractivity (Wildman–Crippen MR) is 59.9 cm³/mol. The highest BCUT2D eigenvalue weighted by Gasteiger charge is 2.62. The third kappa shape index (κ3) is 2.62. The van der Waals surface area contributed by atoms with E-state index in [4.69, 9.17) is 4.74 Å². The number of fused-ring (bicyclic) bond motifs is 1. The van der Waals surface area contributed by atoms with E-state index in [0.29, 0.717) is 11.3 Å². The Morgan fingerprint density at radius 3 is 2.50 bits per heavy atom. The highest BCUT2D eigenvalue weighted by atomic mass is 19.4. The maximum Gasteiger partial charge on any atom is 0.461 e. The summed E-state index contributed by atoms with van der Waals surface area (Å²) in [4.78, 5) is 11.3. The van der Waals surface area contributed by atoms with Crippen LogP contribution in [0, 0.1) is 0 Å². The van der Waals surface area contributed by atoms with Crippen LogP contribution >= 0.6 is 0 Å². The number of carbonyl (C=O) groups excluding carboxylic acids is 1. The molecule has 1 unspecified atom stereocenters. The van der Waals surface area contributed by atoms with Crippen LogP contribution in [0.15, 0.2) is 24.3 Å². The Morgan fingerprint density at radius 2 is 1.85 bits per heavy atom. The second-order valence-corrected chi connectivity index (χ2v) is 4.57. The van der Waals surface area contributed by atoms with Gasteiger partial charge in [-0.15, -0.1) is 0 Å². The van der Waals surface area contributed by atoms with Crippen molar-refractivity contribution in [2.75, 3.05) is 6.61 Å². The summed E-state index contributed by atoms with van der Waals surface area (Å²) in [7, 11) is 0. The largest absolute Gasteiger partial charge is 0.493 e. The molecule has 0 fully saturated rings. The van der Waals surface area contributed by atoms with Crippen molar-refractivity contribution >= 4 is 5.78 Å². The number of ether oxygens (including phenoxy) is 1. The highest BCUT2D eigenvalue weighted by molar-refractivity contribution is 5.87. The monoisotopic (exact) mass is 294 g/mol. The maximum absolute atomic E-state index is 12.9. The molecule has 0 spiro atoms. The van der Waals surface area contributed by atoms with Crippen molar-refractivity contribution in [3.8, 4) is 5.75 Å². The van der Waals surface area contributed by atoms with Gasteiger partial charge in [0.1, 0.15) is 5.75 Å². The van der Waals surface area contributed by atoms with E-state index in [1.54, 1.807) is 24.3 Å². The van der Waals surface area contributed by atoms with Crippen LogP contribution in [0.1, 0.15) is 24.3 Å². The van der Waals surface area contributed by atoms with Gasteiger partial charge in [-0.05, 0) is 24.0 Å².